The molecule has 0 spiro atoms. The lowest BCUT2D eigenvalue weighted by molar-refractivity contribution is -0.123. The number of carbonyl (C=O) groups is 1. The lowest BCUT2D eigenvalue weighted by Crippen LogP contribution is -2.53. The average Bonchev–Trinajstić information content (AvgIpc) is 2.71. The molecule has 3 N–H and O–H groups in total. The number of halogens is 1. The van der Waals surface area contributed by atoms with Crippen molar-refractivity contribution in [2.24, 2.45) is 5.73 Å². The summed E-state index contributed by atoms with van der Waals surface area (Å²) in [5.41, 5.74) is 9.00. The van der Waals surface area contributed by atoms with E-state index < -0.39 is 5.54 Å². The number of nitrogens with two attached hydrogens (primary N) is 1. The number of hydrogen-bond donors (Lipinski definition) is 2. The van der Waals surface area contributed by atoms with Crippen LogP contribution in [-0.2, 0) is 16.8 Å². The van der Waals surface area contributed by atoms with Crippen molar-refractivity contribution in [2.75, 3.05) is 0 Å². The summed E-state index contributed by atoms with van der Waals surface area (Å²) < 4.78 is 0. The van der Waals surface area contributed by atoms with Crippen LogP contribution in [0, 0.1) is 0 Å². The number of primary amides is 1. The Bertz CT molecular complexity index is 743. The van der Waals surface area contributed by atoms with Gasteiger partial charge in [-0.25, -0.2) is 0 Å². The van der Waals surface area contributed by atoms with E-state index in [1.807, 2.05) is 36.4 Å². The number of rotatable bonds is 1. The van der Waals surface area contributed by atoms with E-state index in [9.17, 15) is 4.79 Å². The summed E-state index contributed by atoms with van der Waals surface area (Å²) in [7, 11) is 0. The van der Waals surface area contributed by atoms with Gasteiger partial charge in [0.2, 0.25) is 5.91 Å². The van der Waals surface area contributed by atoms with Crippen LogP contribution in [0.5, 0.6) is 0 Å². The monoisotopic (exact) mass is 284 g/mol. The lowest BCUT2D eigenvalue weighted by atomic mass is 9.80. The van der Waals surface area contributed by atoms with E-state index >= 15 is 0 Å². The number of carbonyl (C=O) groups excluding carboxylic acids is 1. The first-order chi connectivity index (χ1) is 9.63. The van der Waals surface area contributed by atoms with Crippen molar-refractivity contribution in [2.45, 2.75) is 18.0 Å². The molecule has 0 saturated heterocycles. The van der Waals surface area contributed by atoms with Crippen LogP contribution < -0.4 is 11.1 Å². The van der Waals surface area contributed by atoms with Gasteiger partial charge >= 0.3 is 0 Å². The molecule has 0 fully saturated rings. The van der Waals surface area contributed by atoms with Crippen LogP contribution in [0.15, 0.2) is 42.5 Å². The van der Waals surface area contributed by atoms with Gasteiger partial charge < -0.3 is 5.73 Å². The smallest absolute Gasteiger partial charge is 0.247 e. The Hall–Kier alpha value is -1.84. The fourth-order valence-corrected chi connectivity index (χ4v) is 3.79. The van der Waals surface area contributed by atoms with E-state index in [1.54, 1.807) is 0 Å². The molecule has 1 amide bonds. The topological polar surface area (TPSA) is 55.1 Å². The second kappa shape index (κ2) is 3.84. The molecular weight excluding hydrogens is 272 g/mol. The van der Waals surface area contributed by atoms with E-state index in [1.165, 1.54) is 0 Å². The second-order valence-electron chi connectivity index (χ2n) is 5.40. The number of nitrogens with one attached hydrogen (secondary N) is 1. The molecule has 0 radical (unpaired) electrons. The highest BCUT2D eigenvalue weighted by atomic mass is 35.5. The summed E-state index contributed by atoms with van der Waals surface area (Å²) in [6, 6.07) is 13.8. The molecule has 2 aliphatic rings. The molecule has 2 aliphatic heterocycles. The standard InChI is InChI=1S/C16H13ClN2O/c17-10-5-6-12-9(7-10)8-14-11-3-1-2-4-13(11)16(12,19-14)15(18)20/h1-7,14,19H,8H2,(H2,18,20). The summed E-state index contributed by atoms with van der Waals surface area (Å²) in [6.45, 7) is 0. The Morgan fingerprint density at radius 3 is 2.85 bits per heavy atom. The van der Waals surface area contributed by atoms with Gasteiger partial charge in [0.05, 0.1) is 0 Å². The van der Waals surface area contributed by atoms with Crippen molar-refractivity contribution in [1.29, 1.82) is 0 Å². The van der Waals surface area contributed by atoms with Gasteiger partial charge in [-0.15, -0.1) is 0 Å². The first kappa shape index (κ1) is 11.9. The molecule has 2 bridgehead atoms. The molecule has 0 aliphatic carbocycles. The molecule has 4 heteroatoms. The molecule has 4 rings (SSSR count). The maximum absolute atomic E-state index is 12.3. The zero-order valence-corrected chi connectivity index (χ0v) is 11.4. The highest BCUT2D eigenvalue weighted by molar-refractivity contribution is 6.30. The van der Waals surface area contributed by atoms with Gasteiger partial charge in [0, 0.05) is 11.1 Å². The van der Waals surface area contributed by atoms with Gasteiger partial charge in [0.1, 0.15) is 5.54 Å². The average molecular weight is 285 g/mol. The van der Waals surface area contributed by atoms with Gasteiger partial charge in [0.15, 0.2) is 0 Å². The van der Waals surface area contributed by atoms with Crippen LogP contribution >= 0.6 is 11.6 Å². The van der Waals surface area contributed by atoms with E-state index in [4.69, 9.17) is 17.3 Å². The number of hydrogen-bond acceptors (Lipinski definition) is 2. The van der Waals surface area contributed by atoms with Crippen LogP contribution in [0.1, 0.15) is 28.3 Å². The third kappa shape index (κ3) is 1.31. The van der Waals surface area contributed by atoms with Gasteiger partial charge in [-0.1, -0.05) is 41.9 Å². The molecule has 2 heterocycles. The summed E-state index contributed by atoms with van der Waals surface area (Å²) in [5.74, 6) is -0.365. The summed E-state index contributed by atoms with van der Waals surface area (Å²) in [5, 5.41) is 4.12. The minimum Gasteiger partial charge on any atom is -0.367 e. The highest BCUT2D eigenvalue weighted by Gasteiger charge is 2.52. The molecular formula is C16H13ClN2O. The first-order valence-corrected chi connectivity index (χ1v) is 6.96. The zero-order valence-electron chi connectivity index (χ0n) is 10.7. The van der Waals surface area contributed by atoms with Crippen molar-refractivity contribution in [3.63, 3.8) is 0 Å². The molecule has 2 aromatic rings. The summed E-state index contributed by atoms with van der Waals surface area (Å²) in [4.78, 5) is 12.3. The molecule has 20 heavy (non-hydrogen) atoms. The van der Waals surface area contributed by atoms with E-state index in [2.05, 4.69) is 11.4 Å². The predicted molar refractivity (Wildman–Crippen MR) is 77.4 cm³/mol. The quantitative estimate of drug-likeness (QED) is 0.844. The van der Waals surface area contributed by atoms with E-state index in [-0.39, 0.29) is 11.9 Å². The Balaban J connectivity index is 2.08. The Labute approximate surface area is 121 Å². The second-order valence-corrected chi connectivity index (χ2v) is 5.84. The van der Waals surface area contributed by atoms with E-state index in [0.717, 1.165) is 28.7 Å². The summed E-state index contributed by atoms with van der Waals surface area (Å²) in [6.07, 6.45) is 0.821. The SMILES string of the molecule is NC(=O)C12NC(Cc3cc(Cl)ccc31)c1ccccc12. The molecule has 2 unspecified atom stereocenters. The Morgan fingerprint density at radius 2 is 2.05 bits per heavy atom. The van der Waals surface area contributed by atoms with Crippen LogP contribution in [0.3, 0.4) is 0 Å². The fourth-order valence-electron chi connectivity index (χ4n) is 3.60. The largest absolute Gasteiger partial charge is 0.367 e. The molecule has 0 aromatic heterocycles. The maximum atomic E-state index is 12.3. The van der Waals surface area contributed by atoms with Crippen LogP contribution in [0.25, 0.3) is 0 Å². The fraction of sp³-hybridized carbons (Fsp3) is 0.188. The third-order valence-electron chi connectivity index (χ3n) is 4.40. The van der Waals surface area contributed by atoms with Crippen molar-refractivity contribution >= 4 is 17.5 Å². The normalized spacial score (nSPS) is 25.9. The van der Waals surface area contributed by atoms with Crippen LogP contribution in [0.2, 0.25) is 5.02 Å². The lowest BCUT2D eigenvalue weighted by Gasteiger charge is -2.35. The third-order valence-corrected chi connectivity index (χ3v) is 4.63. The van der Waals surface area contributed by atoms with E-state index in [0.29, 0.717) is 5.02 Å². The van der Waals surface area contributed by atoms with Gasteiger partial charge in [-0.05, 0) is 40.8 Å². The minimum absolute atomic E-state index is 0.115. The zero-order chi connectivity index (χ0) is 13.9. The maximum Gasteiger partial charge on any atom is 0.247 e. The Morgan fingerprint density at radius 1 is 1.25 bits per heavy atom. The first-order valence-electron chi connectivity index (χ1n) is 6.59. The highest BCUT2D eigenvalue weighted by Crippen LogP contribution is 2.48. The van der Waals surface area contributed by atoms with Crippen molar-refractivity contribution in [3.8, 4) is 0 Å². The molecule has 0 saturated carbocycles. The van der Waals surface area contributed by atoms with Gasteiger partial charge in [-0.3, -0.25) is 10.1 Å². The Kier molecular flexibility index (Phi) is 2.29. The number of benzene rings is 2. The van der Waals surface area contributed by atoms with Gasteiger partial charge in [0.25, 0.3) is 0 Å². The van der Waals surface area contributed by atoms with Crippen molar-refractivity contribution < 1.29 is 4.79 Å². The predicted octanol–water partition coefficient (Wildman–Crippen LogP) is 2.27. The van der Waals surface area contributed by atoms with Gasteiger partial charge in [-0.2, -0.15) is 0 Å². The van der Waals surface area contributed by atoms with Crippen LogP contribution in [-0.4, -0.2) is 5.91 Å². The van der Waals surface area contributed by atoms with Crippen molar-refractivity contribution in [3.05, 3.63) is 69.7 Å². The molecule has 2 atom stereocenters. The molecule has 2 aromatic carbocycles. The molecule has 100 valence electrons. The molecule has 3 nitrogen and oxygen atoms in total. The minimum atomic E-state index is -0.917. The summed E-state index contributed by atoms with van der Waals surface area (Å²) >= 11 is 6.09. The number of amides is 1. The van der Waals surface area contributed by atoms with Crippen molar-refractivity contribution in [1.82, 2.24) is 5.32 Å². The van der Waals surface area contributed by atoms with Crippen LogP contribution in [0.4, 0.5) is 0 Å². The number of fused-ring (bicyclic) bond motifs is 7.